The van der Waals surface area contributed by atoms with E-state index in [-0.39, 0.29) is 26.1 Å². The van der Waals surface area contributed by atoms with Crippen molar-refractivity contribution >= 4 is 19.8 Å². The van der Waals surface area contributed by atoms with Crippen LogP contribution in [-0.4, -0.2) is 74.9 Å². The Bertz CT molecular complexity index is 2320. The fourth-order valence-electron chi connectivity index (χ4n) is 8.29. The number of likely N-dealkylation sites (N-methyl/N-ethyl adjacent to an activating group) is 1. The Morgan fingerprint density at radius 2 is 0.600 bits per heavy atom. The number of rotatable bonds is 60. The summed E-state index contributed by atoms with van der Waals surface area (Å²) in [7, 11) is 1.41. The zero-order valence-electron chi connectivity index (χ0n) is 57.0. The largest absolute Gasteiger partial charge is 0.472 e. The van der Waals surface area contributed by atoms with Gasteiger partial charge in [0.05, 0.1) is 27.7 Å². The Morgan fingerprint density at radius 1 is 0.344 bits per heavy atom. The van der Waals surface area contributed by atoms with Gasteiger partial charge in [-0.05, 0) is 154 Å². The number of phosphoric ester groups is 1. The third-order valence-corrected chi connectivity index (χ3v) is 14.5. The SMILES string of the molecule is CC/C=C\C/C=C\C/C=C\C/C=C\C/C=C\C/C=C\C/C=C\C/C=C\C/C=C\C/C=C\C/C=C\C/C=C\CCCCCCC(=O)OC(COC(=O)CCCCCCCC/C=C\C/C=C\C/C=C\C/C=C\C/C=C\C/C=C\CC)COP(=O)(O)OCC[N+](C)(C)C. The lowest BCUT2D eigenvalue weighted by Gasteiger charge is -2.24. The van der Waals surface area contributed by atoms with Crippen molar-refractivity contribution in [1.29, 1.82) is 0 Å². The fourth-order valence-corrected chi connectivity index (χ4v) is 9.03. The predicted molar refractivity (Wildman–Crippen MR) is 389 cm³/mol. The molecule has 2 atom stereocenters. The molecule has 0 saturated carbocycles. The van der Waals surface area contributed by atoms with Gasteiger partial charge in [-0.25, -0.2) is 4.57 Å². The van der Waals surface area contributed by atoms with Crippen LogP contribution in [0.15, 0.2) is 219 Å². The summed E-state index contributed by atoms with van der Waals surface area (Å²) >= 11 is 0. The monoisotopic (exact) mass is 1260 g/mol. The smallest absolute Gasteiger partial charge is 0.462 e. The summed E-state index contributed by atoms with van der Waals surface area (Å²) in [5.74, 6) is -0.863. The van der Waals surface area contributed by atoms with Crippen molar-refractivity contribution in [1.82, 2.24) is 0 Å². The molecule has 0 heterocycles. The number of hydrogen-bond acceptors (Lipinski definition) is 7. The van der Waals surface area contributed by atoms with E-state index in [1.165, 1.54) is 0 Å². The van der Waals surface area contributed by atoms with Crippen LogP contribution in [0.5, 0.6) is 0 Å². The van der Waals surface area contributed by atoms with Gasteiger partial charge in [-0.3, -0.25) is 18.6 Å². The molecule has 0 amide bonds. The van der Waals surface area contributed by atoms with Crippen LogP contribution in [0.3, 0.4) is 0 Å². The average Bonchev–Trinajstić information content (AvgIpc) is 3.62. The molecule has 9 nitrogen and oxygen atoms in total. The normalized spacial score (nSPS) is 14.5. The van der Waals surface area contributed by atoms with Crippen LogP contribution in [-0.2, 0) is 32.7 Å². The van der Waals surface area contributed by atoms with E-state index in [1.54, 1.807) is 0 Å². The molecule has 0 aliphatic heterocycles. The first-order chi connectivity index (χ1) is 44.0. The first-order valence-electron chi connectivity index (χ1n) is 34.5. The van der Waals surface area contributed by atoms with Crippen molar-refractivity contribution < 1.29 is 42.1 Å². The van der Waals surface area contributed by atoms with Gasteiger partial charge in [-0.2, -0.15) is 0 Å². The second-order valence-electron chi connectivity index (χ2n) is 23.1. The molecular weight excluding hydrogens is 1130 g/mol. The second kappa shape index (κ2) is 67.7. The number of phosphoric acid groups is 1. The number of allylic oxidation sites excluding steroid dienone is 36. The molecule has 0 aliphatic carbocycles. The summed E-state index contributed by atoms with van der Waals surface area (Å²) in [5.41, 5.74) is 0. The molecule has 0 aromatic rings. The minimum atomic E-state index is -4.42. The highest BCUT2D eigenvalue weighted by Gasteiger charge is 2.27. The number of carbonyl (C=O) groups excluding carboxylic acids is 2. The van der Waals surface area contributed by atoms with Gasteiger partial charge in [-0.15, -0.1) is 0 Å². The molecule has 90 heavy (non-hydrogen) atoms. The Kier molecular flexibility index (Phi) is 63.4. The number of esters is 2. The summed E-state index contributed by atoms with van der Waals surface area (Å²) in [5, 5.41) is 0. The molecular formula is C80H125NO8P+. The van der Waals surface area contributed by atoms with E-state index in [9.17, 15) is 19.0 Å². The number of unbranched alkanes of at least 4 members (excludes halogenated alkanes) is 10. The highest BCUT2D eigenvalue weighted by Crippen LogP contribution is 2.43. The van der Waals surface area contributed by atoms with Gasteiger partial charge < -0.3 is 18.9 Å². The first kappa shape index (κ1) is 84.3. The Morgan fingerprint density at radius 3 is 0.889 bits per heavy atom. The number of quaternary nitrogens is 1. The maximum Gasteiger partial charge on any atom is 0.472 e. The Labute approximate surface area is 550 Å². The quantitative estimate of drug-likeness (QED) is 0.0211. The zero-order valence-corrected chi connectivity index (χ0v) is 57.9. The molecule has 10 heteroatoms. The molecule has 2 unspecified atom stereocenters. The lowest BCUT2D eigenvalue weighted by atomic mass is 10.1. The molecule has 0 fully saturated rings. The van der Waals surface area contributed by atoms with Crippen LogP contribution in [0.4, 0.5) is 0 Å². The standard InChI is InChI=1S/C80H124NO8P/c1-6-8-10-12-14-16-18-20-22-24-26-28-30-32-33-34-35-36-37-38-39-40-41-42-43-44-45-46-47-49-51-53-55-57-59-61-63-65-67-69-71-73-80(83)89-78(77-88-90(84,85)87-75-74-81(3,4)5)76-86-79(82)72-70-68-66-64-62-60-58-56-54-52-50-48-31-29-27-25-23-21-19-17-15-13-11-9-7-2/h8-11,14-17,20-23,26-29,32-33,35-36,38-39,41-42,44-45,47-50,53-56,59,61,78H,6-7,12-13,18-19,24-25,30-31,34,37,40,43,46,51-52,57-58,60,62-77H2,1-5H3/p+1/b10-8-,11-9-,16-14-,17-15-,22-20-,23-21-,28-26-,29-27-,33-32-,36-35-,39-38-,42-41-,45-44-,49-47-,50-48-,55-53-,56-54-,61-59-. The molecule has 0 radical (unpaired) electrons. The van der Waals surface area contributed by atoms with E-state index in [0.29, 0.717) is 23.9 Å². The minimum absolute atomic E-state index is 0.0107. The molecule has 0 aromatic carbocycles. The molecule has 0 aromatic heterocycles. The van der Waals surface area contributed by atoms with Crippen LogP contribution < -0.4 is 0 Å². The van der Waals surface area contributed by atoms with Gasteiger partial charge in [0.15, 0.2) is 6.10 Å². The number of carbonyl (C=O) groups is 2. The number of ether oxygens (including phenoxy) is 2. The summed E-state index contributed by atoms with van der Waals surface area (Å²) in [6, 6.07) is 0. The zero-order chi connectivity index (χ0) is 65.5. The molecule has 1 N–H and O–H groups in total. The molecule has 0 bridgehead atoms. The van der Waals surface area contributed by atoms with E-state index < -0.39 is 32.5 Å². The summed E-state index contributed by atoms with van der Waals surface area (Å²) in [6.07, 6.45) is 109. The van der Waals surface area contributed by atoms with Crippen molar-refractivity contribution in [2.45, 2.75) is 225 Å². The molecule has 0 spiro atoms. The third kappa shape index (κ3) is 71.4. The average molecular weight is 1260 g/mol. The van der Waals surface area contributed by atoms with Crippen LogP contribution >= 0.6 is 7.82 Å². The van der Waals surface area contributed by atoms with Crippen LogP contribution in [0, 0.1) is 0 Å². The van der Waals surface area contributed by atoms with E-state index in [4.69, 9.17) is 18.5 Å². The third-order valence-electron chi connectivity index (χ3n) is 13.5. The van der Waals surface area contributed by atoms with Gasteiger partial charge in [0.1, 0.15) is 19.8 Å². The predicted octanol–water partition coefficient (Wildman–Crippen LogP) is 22.8. The Balaban J connectivity index is 4.24. The summed E-state index contributed by atoms with van der Waals surface area (Å²) < 4.78 is 34.6. The Hall–Kier alpha value is -5.67. The highest BCUT2D eigenvalue weighted by atomic mass is 31.2. The molecule has 0 rings (SSSR count). The molecule has 502 valence electrons. The maximum absolute atomic E-state index is 12.9. The van der Waals surface area contributed by atoms with E-state index in [2.05, 4.69) is 233 Å². The highest BCUT2D eigenvalue weighted by molar-refractivity contribution is 7.47. The molecule has 0 aliphatic rings. The molecule has 0 saturated heterocycles. The van der Waals surface area contributed by atoms with Crippen molar-refractivity contribution in [3.8, 4) is 0 Å². The van der Waals surface area contributed by atoms with Crippen molar-refractivity contribution in [3.05, 3.63) is 219 Å². The van der Waals surface area contributed by atoms with Crippen LogP contribution in [0.25, 0.3) is 0 Å². The maximum atomic E-state index is 12.9. The summed E-state index contributed by atoms with van der Waals surface area (Å²) in [4.78, 5) is 35.8. The lowest BCUT2D eigenvalue weighted by molar-refractivity contribution is -0.870. The van der Waals surface area contributed by atoms with Crippen LogP contribution in [0.2, 0.25) is 0 Å². The van der Waals surface area contributed by atoms with Gasteiger partial charge >= 0.3 is 19.8 Å². The van der Waals surface area contributed by atoms with Crippen LogP contribution in [0.1, 0.15) is 219 Å². The topological polar surface area (TPSA) is 108 Å². The van der Waals surface area contributed by atoms with E-state index in [1.807, 2.05) is 21.1 Å². The van der Waals surface area contributed by atoms with E-state index >= 15 is 0 Å². The van der Waals surface area contributed by atoms with Crippen molar-refractivity contribution in [3.63, 3.8) is 0 Å². The minimum Gasteiger partial charge on any atom is -0.462 e. The number of nitrogens with zero attached hydrogens (tertiary/aromatic N) is 1. The van der Waals surface area contributed by atoms with E-state index in [0.717, 1.165) is 180 Å². The van der Waals surface area contributed by atoms with Gasteiger partial charge in [-0.1, -0.05) is 271 Å². The fraction of sp³-hybridized carbons (Fsp3) is 0.525. The van der Waals surface area contributed by atoms with Gasteiger partial charge in [0.25, 0.3) is 0 Å². The van der Waals surface area contributed by atoms with Crippen molar-refractivity contribution in [2.24, 2.45) is 0 Å². The van der Waals surface area contributed by atoms with Gasteiger partial charge in [0, 0.05) is 12.8 Å². The summed E-state index contributed by atoms with van der Waals surface area (Å²) in [6.45, 7) is 4.12. The second-order valence-corrected chi connectivity index (χ2v) is 24.5. The lowest BCUT2D eigenvalue weighted by Crippen LogP contribution is -2.37. The van der Waals surface area contributed by atoms with Crippen molar-refractivity contribution in [2.75, 3.05) is 47.5 Å². The number of hydrogen-bond donors (Lipinski definition) is 1. The first-order valence-corrected chi connectivity index (χ1v) is 36.0. The van der Waals surface area contributed by atoms with Gasteiger partial charge in [0.2, 0.25) is 0 Å².